The van der Waals surface area contributed by atoms with Crippen LogP contribution in [0.2, 0.25) is 0 Å². The standard InChI is InChI=1S/C12H18BrN3O/c1-3-4-7-16(2)9-12(17)15-11-6-5-10(13)8-14-11/h5-6,8H,3-4,7,9H2,1-2H3,(H,14,15,17). The summed E-state index contributed by atoms with van der Waals surface area (Å²) in [5.74, 6) is 0.556. The highest BCUT2D eigenvalue weighted by molar-refractivity contribution is 9.10. The van der Waals surface area contributed by atoms with Crippen LogP contribution in [0.4, 0.5) is 5.82 Å². The molecule has 0 aliphatic heterocycles. The molecule has 0 unspecified atom stereocenters. The van der Waals surface area contributed by atoms with Gasteiger partial charge in [0.1, 0.15) is 5.82 Å². The largest absolute Gasteiger partial charge is 0.310 e. The molecule has 1 N–H and O–H groups in total. The van der Waals surface area contributed by atoms with E-state index in [2.05, 4.69) is 33.2 Å². The molecule has 94 valence electrons. The van der Waals surface area contributed by atoms with Gasteiger partial charge in [0.15, 0.2) is 0 Å². The molecule has 0 radical (unpaired) electrons. The van der Waals surface area contributed by atoms with Crippen LogP contribution in [0.1, 0.15) is 19.8 Å². The number of aromatic nitrogens is 1. The fourth-order valence-corrected chi connectivity index (χ4v) is 1.62. The van der Waals surface area contributed by atoms with Crippen molar-refractivity contribution in [2.75, 3.05) is 25.5 Å². The summed E-state index contributed by atoms with van der Waals surface area (Å²) in [5.41, 5.74) is 0. The summed E-state index contributed by atoms with van der Waals surface area (Å²) in [4.78, 5) is 17.8. The zero-order valence-electron chi connectivity index (χ0n) is 10.2. The molecule has 0 fully saturated rings. The topological polar surface area (TPSA) is 45.2 Å². The number of rotatable bonds is 6. The molecular weight excluding hydrogens is 282 g/mol. The van der Waals surface area contributed by atoms with Crippen LogP contribution >= 0.6 is 15.9 Å². The van der Waals surface area contributed by atoms with E-state index in [0.717, 1.165) is 23.9 Å². The fourth-order valence-electron chi connectivity index (χ4n) is 1.38. The maximum Gasteiger partial charge on any atom is 0.239 e. The zero-order valence-corrected chi connectivity index (χ0v) is 11.8. The maximum atomic E-state index is 11.7. The van der Waals surface area contributed by atoms with Crippen LogP contribution in [0.25, 0.3) is 0 Å². The van der Waals surface area contributed by atoms with Crippen LogP contribution < -0.4 is 5.32 Å². The summed E-state index contributed by atoms with van der Waals surface area (Å²) in [6.45, 7) is 3.48. The molecule has 0 saturated heterocycles. The summed E-state index contributed by atoms with van der Waals surface area (Å²) in [5, 5.41) is 2.76. The molecule has 1 aromatic rings. The Morgan fingerprint density at radius 2 is 2.29 bits per heavy atom. The number of hydrogen-bond donors (Lipinski definition) is 1. The van der Waals surface area contributed by atoms with Crippen LogP contribution in [0.3, 0.4) is 0 Å². The minimum atomic E-state index is -0.0292. The first-order chi connectivity index (χ1) is 8.11. The van der Waals surface area contributed by atoms with Gasteiger partial charge in [-0.05, 0) is 48.1 Å². The van der Waals surface area contributed by atoms with Gasteiger partial charge < -0.3 is 5.32 Å². The lowest BCUT2D eigenvalue weighted by Crippen LogP contribution is -2.31. The first-order valence-electron chi connectivity index (χ1n) is 5.71. The summed E-state index contributed by atoms with van der Waals surface area (Å²) in [6.07, 6.45) is 3.91. The van der Waals surface area contributed by atoms with Gasteiger partial charge in [0.2, 0.25) is 5.91 Å². The SMILES string of the molecule is CCCCN(C)CC(=O)Nc1ccc(Br)cn1. The quantitative estimate of drug-likeness (QED) is 0.878. The Labute approximate surface area is 111 Å². The van der Waals surface area contributed by atoms with E-state index >= 15 is 0 Å². The van der Waals surface area contributed by atoms with Crippen LogP contribution in [-0.4, -0.2) is 35.9 Å². The van der Waals surface area contributed by atoms with Crippen molar-refractivity contribution in [1.82, 2.24) is 9.88 Å². The normalized spacial score (nSPS) is 10.6. The Balaban J connectivity index is 2.36. The van der Waals surface area contributed by atoms with Crippen molar-refractivity contribution >= 4 is 27.7 Å². The molecule has 0 aromatic carbocycles. The Hall–Kier alpha value is -0.940. The zero-order chi connectivity index (χ0) is 12.7. The number of anilines is 1. The van der Waals surface area contributed by atoms with Crippen molar-refractivity contribution in [2.45, 2.75) is 19.8 Å². The Morgan fingerprint density at radius 1 is 1.53 bits per heavy atom. The van der Waals surface area contributed by atoms with E-state index in [1.807, 2.05) is 18.0 Å². The van der Waals surface area contributed by atoms with E-state index in [4.69, 9.17) is 0 Å². The second-order valence-corrected chi connectivity index (χ2v) is 4.92. The minimum Gasteiger partial charge on any atom is -0.310 e. The van der Waals surface area contributed by atoms with E-state index in [9.17, 15) is 4.79 Å². The number of nitrogens with one attached hydrogen (secondary N) is 1. The van der Waals surface area contributed by atoms with Gasteiger partial charge in [0.05, 0.1) is 6.54 Å². The number of nitrogens with zero attached hydrogens (tertiary/aromatic N) is 2. The van der Waals surface area contributed by atoms with Crippen molar-refractivity contribution in [3.05, 3.63) is 22.8 Å². The highest BCUT2D eigenvalue weighted by Crippen LogP contribution is 2.10. The van der Waals surface area contributed by atoms with Gasteiger partial charge in [-0.3, -0.25) is 9.69 Å². The van der Waals surface area contributed by atoms with E-state index in [1.165, 1.54) is 0 Å². The highest BCUT2D eigenvalue weighted by Gasteiger charge is 2.06. The monoisotopic (exact) mass is 299 g/mol. The Bertz CT molecular complexity index is 353. The highest BCUT2D eigenvalue weighted by atomic mass is 79.9. The number of hydrogen-bond acceptors (Lipinski definition) is 3. The first-order valence-corrected chi connectivity index (χ1v) is 6.51. The number of amides is 1. The average molecular weight is 300 g/mol. The predicted octanol–water partition coefficient (Wildman–Crippen LogP) is 2.51. The molecule has 0 aliphatic rings. The Morgan fingerprint density at radius 3 is 2.88 bits per heavy atom. The first kappa shape index (κ1) is 14.1. The number of halogens is 1. The van der Waals surface area contributed by atoms with E-state index in [0.29, 0.717) is 12.4 Å². The Kier molecular flexibility index (Phi) is 6.15. The van der Waals surface area contributed by atoms with Gasteiger partial charge >= 0.3 is 0 Å². The summed E-state index contributed by atoms with van der Waals surface area (Å²) < 4.78 is 0.899. The lowest BCUT2D eigenvalue weighted by atomic mass is 10.3. The smallest absolute Gasteiger partial charge is 0.239 e. The molecular formula is C12H18BrN3O. The van der Waals surface area contributed by atoms with Crippen molar-refractivity contribution in [3.8, 4) is 0 Å². The fraction of sp³-hybridized carbons (Fsp3) is 0.500. The maximum absolute atomic E-state index is 11.7. The molecule has 0 aliphatic carbocycles. The van der Waals surface area contributed by atoms with Gasteiger partial charge in [-0.2, -0.15) is 0 Å². The molecule has 5 heteroatoms. The molecule has 1 aromatic heterocycles. The van der Waals surface area contributed by atoms with Crippen LogP contribution in [0, 0.1) is 0 Å². The number of unbranched alkanes of at least 4 members (excludes halogenated alkanes) is 1. The molecule has 0 saturated carbocycles. The number of carbonyl (C=O) groups excluding carboxylic acids is 1. The number of carbonyl (C=O) groups is 1. The van der Waals surface area contributed by atoms with Crippen molar-refractivity contribution < 1.29 is 4.79 Å². The number of likely N-dealkylation sites (N-methyl/N-ethyl adjacent to an activating group) is 1. The molecule has 1 heterocycles. The third-order valence-electron chi connectivity index (χ3n) is 2.30. The van der Waals surface area contributed by atoms with Gasteiger partial charge in [-0.25, -0.2) is 4.98 Å². The molecule has 4 nitrogen and oxygen atoms in total. The van der Waals surface area contributed by atoms with Crippen LogP contribution in [0.5, 0.6) is 0 Å². The van der Waals surface area contributed by atoms with Gasteiger partial charge in [0.25, 0.3) is 0 Å². The summed E-state index contributed by atoms with van der Waals surface area (Å²) >= 11 is 3.30. The summed E-state index contributed by atoms with van der Waals surface area (Å²) in [7, 11) is 1.95. The number of pyridine rings is 1. The van der Waals surface area contributed by atoms with Crippen molar-refractivity contribution in [1.29, 1.82) is 0 Å². The van der Waals surface area contributed by atoms with Crippen LogP contribution in [-0.2, 0) is 4.79 Å². The lowest BCUT2D eigenvalue weighted by Gasteiger charge is -2.15. The minimum absolute atomic E-state index is 0.0292. The van der Waals surface area contributed by atoms with Gasteiger partial charge in [0, 0.05) is 10.7 Å². The van der Waals surface area contributed by atoms with Gasteiger partial charge in [-0.15, -0.1) is 0 Å². The lowest BCUT2D eigenvalue weighted by molar-refractivity contribution is -0.117. The molecule has 0 bridgehead atoms. The molecule has 1 rings (SSSR count). The van der Waals surface area contributed by atoms with Crippen molar-refractivity contribution in [2.24, 2.45) is 0 Å². The second-order valence-electron chi connectivity index (χ2n) is 4.00. The van der Waals surface area contributed by atoms with E-state index in [-0.39, 0.29) is 5.91 Å². The van der Waals surface area contributed by atoms with Crippen molar-refractivity contribution in [3.63, 3.8) is 0 Å². The average Bonchev–Trinajstić information content (AvgIpc) is 2.29. The summed E-state index contributed by atoms with van der Waals surface area (Å²) in [6, 6.07) is 3.62. The van der Waals surface area contributed by atoms with E-state index in [1.54, 1.807) is 12.3 Å². The molecule has 0 spiro atoms. The third-order valence-corrected chi connectivity index (χ3v) is 2.77. The van der Waals surface area contributed by atoms with E-state index < -0.39 is 0 Å². The van der Waals surface area contributed by atoms with Gasteiger partial charge in [-0.1, -0.05) is 13.3 Å². The molecule has 17 heavy (non-hydrogen) atoms. The second kappa shape index (κ2) is 7.40. The van der Waals surface area contributed by atoms with Crippen LogP contribution in [0.15, 0.2) is 22.8 Å². The predicted molar refractivity (Wildman–Crippen MR) is 73.0 cm³/mol. The third kappa shape index (κ3) is 5.79. The molecule has 1 amide bonds. The molecule has 0 atom stereocenters.